The molecule has 0 N–H and O–H groups in total. The summed E-state index contributed by atoms with van der Waals surface area (Å²) in [7, 11) is 1.95. The molecule has 1 fully saturated rings. The van der Waals surface area contributed by atoms with Crippen molar-refractivity contribution in [2.24, 2.45) is 13.0 Å². The predicted octanol–water partition coefficient (Wildman–Crippen LogP) is 3.56. The quantitative estimate of drug-likeness (QED) is 0.862. The third kappa shape index (κ3) is 3.25. The van der Waals surface area contributed by atoms with Crippen LogP contribution >= 0.6 is 0 Å². The molecule has 130 valence electrons. The normalized spacial score (nSPS) is 21.2. The molecule has 1 saturated heterocycles. The molecule has 1 aliphatic rings. The Balaban J connectivity index is 1.71. The lowest BCUT2D eigenvalue weighted by Crippen LogP contribution is -2.40. The zero-order valence-corrected chi connectivity index (χ0v) is 15.1. The second kappa shape index (κ2) is 6.83. The van der Waals surface area contributed by atoms with Gasteiger partial charge in [-0.2, -0.15) is 5.10 Å². The third-order valence-electron chi connectivity index (χ3n) is 5.30. The molecule has 2 unspecified atom stereocenters. The van der Waals surface area contributed by atoms with Gasteiger partial charge in [0.1, 0.15) is 5.76 Å². The molecule has 0 bridgehead atoms. The van der Waals surface area contributed by atoms with Gasteiger partial charge in [-0.05, 0) is 56.7 Å². The number of aromatic nitrogens is 2. The van der Waals surface area contributed by atoms with E-state index in [4.69, 9.17) is 4.42 Å². The van der Waals surface area contributed by atoms with Crippen LogP contribution in [0.2, 0.25) is 0 Å². The first-order valence-corrected chi connectivity index (χ1v) is 8.79. The number of carbonyl (C=O) groups excluding carboxylic acids is 1. The van der Waals surface area contributed by atoms with Crippen LogP contribution in [0.4, 0.5) is 0 Å². The molecule has 0 saturated carbocycles. The molecular formula is C19H27N3O2. The van der Waals surface area contributed by atoms with Gasteiger partial charge >= 0.3 is 0 Å². The zero-order valence-electron chi connectivity index (χ0n) is 15.1. The van der Waals surface area contributed by atoms with Crippen LogP contribution in [-0.4, -0.2) is 27.1 Å². The molecule has 2 aromatic heterocycles. The number of hydrogen-bond donors (Lipinski definition) is 0. The van der Waals surface area contributed by atoms with Crippen molar-refractivity contribution in [3.8, 4) is 0 Å². The van der Waals surface area contributed by atoms with Gasteiger partial charge in [0, 0.05) is 25.7 Å². The van der Waals surface area contributed by atoms with Gasteiger partial charge < -0.3 is 9.32 Å². The van der Waals surface area contributed by atoms with E-state index in [2.05, 4.69) is 18.9 Å². The predicted molar refractivity (Wildman–Crippen MR) is 92.6 cm³/mol. The lowest BCUT2D eigenvalue weighted by molar-refractivity contribution is -0.136. The first-order chi connectivity index (χ1) is 11.5. The highest BCUT2D eigenvalue weighted by Gasteiger charge is 2.32. The number of likely N-dealkylation sites (tertiary alicyclic amines) is 1. The van der Waals surface area contributed by atoms with Crippen molar-refractivity contribution in [2.45, 2.75) is 52.5 Å². The van der Waals surface area contributed by atoms with Crippen LogP contribution in [0.1, 0.15) is 54.9 Å². The van der Waals surface area contributed by atoms with Gasteiger partial charge in [0.2, 0.25) is 5.91 Å². The molecule has 2 aromatic rings. The van der Waals surface area contributed by atoms with Gasteiger partial charge in [0.05, 0.1) is 18.0 Å². The van der Waals surface area contributed by atoms with Crippen LogP contribution in [-0.2, 0) is 18.3 Å². The Morgan fingerprint density at radius 1 is 1.42 bits per heavy atom. The molecule has 1 amide bonds. The molecule has 0 radical (unpaired) electrons. The van der Waals surface area contributed by atoms with Crippen molar-refractivity contribution in [2.75, 3.05) is 6.54 Å². The zero-order chi connectivity index (χ0) is 17.3. The van der Waals surface area contributed by atoms with E-state index in [0.717, 1.165) is 43.0 Å². The summed E-state index contributed by atoms with van der Waals surface area (Å²) in [6.07, 6.45) is 5.01. The summed E-state index contributed by atoms with van der Waals surface area (Å²) in [6, 6.07) is 3.96. The van der Waals surface area contributed by atoms with Gasteiger partial charge in [0.25, 0.3) is 0 Å². The van der Waals surface area contributed by atoms with Crippen molar-refractivity contribution >= 4 is 5.91 Å². The number of rotatable bonds is 4. The Labute approximate surface area is 143 Å². The first kappa shape index (κ1) is 16.8. The van der Waals surface area contributed by atoms with Crippen LogP contribution in [0.25, 0.3) is 0 Å². The Morgan fingerprint density at radius 3 is 2.83 bits per heavy atom. The van der Waals surface area contributed by atoms with E-state index >= 15 is 0 Å². The summed E-state index contributed by atoms with van der Waals surface area (Å²) in [5, 5.41) is 4.44. The Hall–Kier alpha value is -2.04. The number of nitrogens with zero attached hydrogens (tertiary/aromatic N) is 3. The van der Waals surface area contributed by atoms with Gasteiger partial charge in [-0.15, -0.1) is 0 Å². The van der Waals surface area contributed by atoms with E-state index in [9.17, 15) is 4.79 Å². The maximum atomic E-state index is 12.9. The summed E-state index contributed by atoms with van der Waals surface area (Å²) >= 11 is 0. The SMILES string of the molecule is Cc1nn(C)c(C)c1CCC(=O)N1CCC(C)CC1c1ccco1. The maximum Gasteiger partial charge on any atom is 0.223 e. The van der Waals surface area contributed by atoms with Crippen molar-refractivity contribution in [1.82, 2.24) is 14.7 Å². The van der Waals surface area contributed by atoms with Crippen molar-refractivity contribution in [3.63, 3.8) is 0 Å². The maximum absolute atomic E-state index is 12.9. The highest BCUT2D eigenvalue weighted by molar-refractivity contribution is 5.77. The molecule has 0 aromatic carbocycles. The van der Waals surface area contributed by atoms with E-state index in [1.165, 1.54) is 5.56 Å². The third-order valence-corrected chi connectivity index (χ3v) is 5.30. The van der Waals surface area contributed by atoms with Crippen LogP contribution in [0.3, 0.4) is 0 Å². The number of aryl methyl sites for hydroxylation is 2. The van der Waals surface area contributed by atoms with Gasteiger partial charge in [0.15, 0.2) is 0 Å². The molecular weight excluding hydrogens is 302 g/mol. The topological polar surface area (TPSA) is 51.3 Å². The van der Waals surface area contributed by atoms with Crippen LogP contribution < -0.4 is 0 Å². The van der Waals surface area contributed by atoms with Crippen molar-refractivity contribution in [1.29, 1.82) is 0 Å². The monoisotopic (exact) mass is 329 g/mol. The van der Waals surface area contributed by atoms with E-state index in [-0.39, 0.29) is 11.9 Å². The largest absolute Gasteiger partial charge is 0.467 e. The van der Waals surface area contributed by atoms with Crippen LogP contribution in [0.5, 0.6) is 0 Å². The minimum absolute atomic E-state index is 0.0762. The summed E-state index contributed by atoms with van der Waals surface area (Å²) in [4.78, 5) is 14.9. The number of furan rings is 1. The molecule has 2 atom stereocenters. The average Bonchev–Trinajstić information content (AvgIpc) is 3.15. The van der Waals surface area contributed by atoms with E-state index in [1.54, 1.807) is 6.26 Å². The standard InChI is InChI=1S/C19H27N3O2/c1-13-9-10-22(17(12-13)18-6-5-11-24-18)19(23)8-7-16-14(2)20-21(4)15(16)3/h5-6,11,13,17H,7-10,12H2,1-4H3. The van der Waals surface area contributed by atoms with E-state index in [0.29, 0.717) is 12.3 Å². The number of carbonyl (C=O) groups is 1. The molecule has 3 rings (SSSR count). The first-order valence-electron chi connectivity index (χ1n) is 8.79. The fraction of sp³-hybridized carbons (Fsp3) is 0.579. The molecule has 0 spiro atoms. The van der Waals surface area contributed by atoms with Gasteiger partial charge in [-0.25, -0.2) is 0 Å². The second-order valence-electron chi connectivity index (χ2n) is 7.02. The molecule has 5 nitrogen and oxygen atoms in total. The lowest BCUT2D eigenvalue weighted by Gasteiger charge is -2.37. The van der Waals surface area contributed by atoms with Gasteiger partial charge in [-0.3, -0.25) is 9.48 Å². The number of piperidine rings is 1. The minimum Gasteiger partial charge on any atom is -0.467 e. The van der Waals surface area contributed by atoms with Crippen molar-refractivity contribution < 1.29 is 9.21 Å². The van der Waals surface area contributed by atoms with Crippen molar-refractivity contribution in [3.05, 3.63) is 41.1 Å². The molecule has 3 heterocycles. The number of amides is 1. The summed E-state index contributed by atoms with van der Waals surface area (Å²) in [5.41, 5.74) is 3.37. The van der Waals surface area contributed by atoms with Crippen LogP contribution in [0, 0.1) is 19.8 Å². The minimum atomic E-state index is 0.0762. The van der Waals surface area contributed by atoms with Gasteiger partial charge in [-0.1, -0.05) is 6.92 Å². The van der Waals surface area contributed by atoms with E-state index < -0.39 is 0 Å². The Morgan fingerprint density at radius 2 is 2.21 bits per heavy atom. The summed E-state index contributed by atoms with van der Waals surface area (Å²) in [5.74, 6) is 1.74. The average molecular weight is 329 g/mol. The lowest BCUT2D eigenvalue weighted by atomic mass is 9.90. The second-order valence-corrected chi connectivity index (χ2v) is 7.02. The summed E-state index contributed by atoms with van der Waals surface area (Å²) < 4.78 is 7.49. The fourth-order valence-corrected chi connectivity index (χ4v) is 3.75. The Bertz CT molecular complexity index is 703. The van der Waals surface area contributed by atoms with E-state index in [1.807, 2.05) is 35.7 Å². The molecule has 0 aliphatic carbocycles. The highest BCUT2D eigenvalue weighted by atomic mass is 16.3. The molecule has 24 heavy (non-hydrogen) atoms. The number of hydrogen-bond acceptors (Lipinski definition) is 3. The molecule has 5 heteroatoms. The smallest absolute Gasteiger partial charge is 0.223 e. The van der Waals surface area contributed by atoms with Crippen LogP contribution in [0.15, 0.2) is 22.8 Å². The summed E-state index contributed by atoms with van der Waals surface area (Å²) in [6.45, 7) is 7.14. The fourth-order valence-electron chi connectivity index (χ4n) is 3.75. The molecule has 1 aliphatic heterocycles. The highest BCUT2D eigenvalue weighted by Crippen LogP contribution is 2.34. The Kier molecular flexibility index (Phi) is 4.78.